The Hall–Kier alpha value is -1.88. The molecule has 0 heterocycles. The molecule has 0 aliphatic carbocycles. The predicted molar refractivity (Wildman–Crippen MR) is 101 cm³/mol. The number of benzene rings is 2. The first-order valence-corrected chi connectivity index (χ1v) is 10.1. The fourth-order valence-electron chi connectivity index (χ4n) is 1.88. The van der Waals surface area contributed by atoms with Gasteiger partial charge in [-0.05, 0) is 64.6 Å². The molecule has 2 aromatic rings. The van der Waals surface area contributed by atoms with Crippen LogP contribution in [0.25, 0.3) is 0 Å². The third-order valence-corrected chi connectivity index (χ3v) is 4.31. The van der Waals surface area contributed by atoms with Crippen molar-refractivity contribution in [3.8, 4) is 5.75 Å². The molecule has 0 radical (unpaired) electrons. The van der Waals surface area contributed by atoms with Crippen LogP contribution >= 0.6 is 22.6 Å². The van der Waals surface area contributed by atoms with Gasteiger partial charge < -0.3 is 10.1 Å². The number of anilines is 1. The van der Waals surface area contributed by atoms with Crippen LogP contribution in [0.3, 0.4) is 0 Å². The van der Waals surface area contributed by atoms with E-state index in [-0.39, 0.29) is 24.7 Å². The molecule has 9 heteroatoms. The van der Waals surface area contributed by atoms with Gasteiger partial charge in [-0.2, -0.15) is 0 Å². The van der Waals surface area contributed by atoms with Gasteiger partial charge in [0.25, 0.3) is 5.91 Å². The summed E-state index contributed by atoms with van der Waals surface area (Å²) >= 11 is 2.17. The SMILES string of the molecule is CS(=O)(=O)Nc1ccc(CNC(=O)COc2ccc(I)cc2)cc1F. The Labute approximate surface area is 159 Å². The highest BCUT2D eigenvalue weighted by molar-refractivity contribution is 14.1. The molecule has 0 saturated heterocycles. The summed E-state index contributed by atoms with van der Waals surface area (Å²) in [7, 11) is -3.55. The summed E-state index contributed by atoms with van der Waals surface area (Å²) < 4.78 is 44.5. The molecule has 2 N–H and O–H groups in total. The zero-order valence-electron chi connectivity index (χ0n) is 13.3. The average molecular weight is 478 g/mol. The van der Waals surface area contributed by atoms with Crippen molar-refractivity contribution in [2.45, 2.75) is 6.54 Å². The Kier molecular flexibility index (Phi) is 6.59. The molecule has 0 aliphatic heterocycles. The maximum absolute atomic E-state index is 13.8. The van der Waals surface area contributed by atoms with E-state index in [9.17, 15) is 17.6 Å². The molecule has 6 nitrogen and oxygen atoms in total. The summed E-state index contributed by atoms with van der Waals surface area (Å²) in [6.07, 6.45) is 0.939. The minimum atomic E-state index is -3.55. The van der Waals surface area contributed by atoms with Crippen molar-refractivity contribution >= 4 is 44.2 Å². The molecule has 0 fully saturated rings. The highest BCUT2D eigenvalue weighted by Crippen LogP contribution is 2.17. The molecule has 134 valence electrons. The monoisotopic (exact) mass is 478 g/mol. The zero-order valence-corrected chi connectivity index (χ0v) is 16.2. The first kappa shape index (κ1) is 19.4. The maximum atomic E-state index is 13.8. The second-order valence-electron chi connectivity index (χ2n) is 5.21. The third-order valence-electron chi connectivity index (χ3n) is 3.00. The Morgan fingerprint density at radius 1 is 1.20 bits per heavy atom. The standard InChI is InChI=1S/C16H16FIN2O4S/c1-25(22,23)20-15-7-2-11(8-14(15)17)9-19-16(21)10-24-13-5-3-12(18)4-6-13/h2-8,20H,9-10H2,1H3,(H,19,21). The molecule has 0 unspecified atom stereocenters. The molecule has 0 bridgehead atoms. The molecule has 0 saturated carbocycles. The van der Waals surface area contributed by atoms with Crippen molar-refractivity contribution in [3.63, 3.8) is 0 Å². The number of carbonyl (C=O) groups excluding carboxylic acids is 1. The minimum Gasteiger partial charge on any atom is -0.484 e. The number of ether oxygens (including phenoxy) is 1. The number of hydrogen-bond donors (Lipinski definition) is 2. The second-order valence-corrected chi connectivity index (χ2v) is 8.20. The van der Waals surface area contributed by atoms with E-state index >= 15 is 0 Å². The van der Waals surface area contributed by atoms with Crippen LogP contribution < -0.4 is 14.8 Å². The predicted octanol–water partition coefficient (Wildman–Crippen LogP) is 2.50. The van der Waals surface area contributed by atoms with Gasteiger partial charge in [0, 0.05) is 10.1 Å². The fraction of sp³-hybridized carbons (Fsp3) is 0.188. The van der Waals surface area contributed by atoms with Crippen LogP contribution in [0, 0.1) is 9.39 Å². The molecule has 1 amide bonds. The van der Waals surface area contributed by atoms with Gasteiger partial charge in [-0.15, -0.1) is 0 Å². The number of rotatable bonds is 7. The lowest BCUT2D eigenvalue weighted by Gasteiger charge is -2.09. The van der Waals surface area contributed by atoms with Gasteiger partial charge in [0.2, 0.25) is 10.0 Å². The first-order chi connectivity index (χ1) is 11.7. The highest BCUT2D eigenvalue weighted by atomic mass is 127. The Morgan fingerprint density at radius 2 is 1.88 bits per heavy atom. The van der Waals surface area contributed by atoms with Crippen LogP contribution in [0.15, 0.2) is 42.5 Å². The molecular formula is C16H16FIN2O4S. The average Bonchev–Trinajstić information content (AvgIpc) is 2.53. The molecular weight excluding hydrogens is 462 g/mol. The van der Waals surface area contributed by atoms with Gasteiger partial charge in [-0.25, -0.2) is 12.8 Å². The van der Waals surface area contributed by atoms with E-state index in [1.54, 1.807) is 12.1 Å². The normalized spacial score (nSPS) is 11.0. The Bertz CT molecular complexity index is 857. The van der Waals surface area contributed by atoms with Crippen molar-refractivity contribution in [3.05, 3.63) is 57.4 Å². The van der Waals surface area contributed by atoms with Gasteiger partial charge in [-0.1, -0.05) is 6.07 Å². The molecule has 0 atom stereocenters. The van der Waals surface area contributed by atoms with Crippen molar-refractivity contribution in [1.82, 2.24) is 5.32 Å². The van der Waals surface area contributed by atoms with E-state index in [0.29, 0.717) is 11.3 Å². The second kappa shape index (κ2) is 8.48. The molecule has 2 rings (SSSR count). The van der Waals surface area contributed by atoms with E-state index in [0.717, 1.165) is 15.9 Å². The van der Waals surface area contributed by atoms with Gasteiger partial charge in [0.15, 0.2) is 6.61 Å². The van der Waals surface area contributed by atoms with E-state index in [1.807, 2.05) is 12.1 Å². The largest absolute Gasteiger partial charge is 0.484 e. The van der Waals surface area contributed by atoms with Crippen LogP contribution in [0.2, 0.25) is 0 Å². The topological polar surface area (TPSA) is 84.5 Å². The molecule has 0 spiro atoms. The number of halogens is 2. The number of amides is 1. The number of hydrogen-bond acceptors (Lipinski definition) is 4. The summed E-state index contributed by atoms with van der Waals surface area (Å²) in [6, 6.07) is 11.2. The van der Waals surface area contributed by atoms with Crippen LogP contribution in [0.4, 0.5) is 10.1 Å². The summed E-state index contributed by atoms with van der Waals surface area (Å²) in [6.45, 7) is -0.0538. The zero-order chi connectivity index (χ0) is 18.4. The van der Waals surface area contributed by atoms with Crippen LogP contribution in [0.5, 0.6) is 5.75 Å². The van der Waals surface area contributed by atoms with Crippen molar-refractivity contribution < 1.29 is 22.3 Å². The lowest BCUT2D eigenvalue weighted by Crippen LogP contribution is -2.28. The van der Waals surface area contributed by atoms with Gasteiger partial charge in [0.1, 0.15) is 11.6 Å². The lowest BCUT2D eigenvalue weighted by molar-refractivity contribution is -0.123. The number of carbonyl (C=O) groups is 1. The summed E-state index contributed by atoms with van der Waals surface area (Å²) in [5, 5.41) is 2.60. The highest BCUT2D eigenvalue weighted by Gasteiger charge is 2.09. The smallest absolute Gasteiger partial charge is 0.258 e. The first-order valence-electron chi connectivity index (χ1n) is 7.14. The molecule has 25 heavy (non-hydrogen) atoms. The number of sulfonamides is 1. The number of nitrogens with one attached hydrogen (secondary N) is 2. The molecule has 2 aromatic carbocycles. The van der Waals surface area contributed by atoms with Gasteiger partial charge in [0.05, 0.1) is 11.9 Å². The van der Waals surface area contributed by atoms with Crippen LogP contribution in [-0.2, 0) is 21.4 Å². The van der Waals surface area contributed by atoms with E-state index < -0.39 is 15.8 Å². The van der Waals surface area contributed by atoms with E-state index in [2.05, 4.69) is 32.6 Å². The quantitative estimate of drug-likeness (QED) is 0.600. The Morgan fingerprint density at radius 3 is 2.48 bits per heavy atom. The van der Waals surface area contributed by atoms with Gasteiger partial charge >= 0.3 is 0 Å². The van der Waals surface area contributed by atoms with E-state index in [1.165, 1.54) is 12.1 Å². The van der Waals surface area contributed by atoms with Crippen molar-refractivity contribution in [2.75, 3.05) is 17.6 Å². The summed E-state index contributed by atoms with van der Waals surface area (Å²) in [5.74, 6) is -0.484. The van der Waals surface area contributed by atoms with Crippen LogP contribution in [0.1, 0.15) is 5.56 Å². The maximum Gasteiger partial charge on any atom is 0.258 e. The summed E-state index contributed by atoms with van der Waals surface area (Å²) in [4.78, 5) is 11.8. The lowest BCUT2D eigenvalue weighted by atomic mass is 10.2. The minimum absolute atomic E-state index is 0.102. The van der Waals surface area contributed by atoms with Crippen molar-refractivity contribution in [1.29, 1.82) is 0 Å². The fourth-order valence-corrected chi connectivity index (χ4v) is 2.81. The van der Waals surface area contributed by atoms with Crippen LogP contribution in [-0.4, -0.2) is 27.2 Å². The van der Waals surface area contributed by atoms with E-state index in [4.69, 9.17) is 4.74 Å². The Balaban J connectivity index is 1.85. The molecule has 0 aliphatic rings. The summed E-state index contributed by atoms with van der Waals surface area (Å²) in [5.41, 5.74) is 0.360. The van der Waals surface area contributed by atoms with Gasteiger partial charge in [-0.3, -0.25) is 9.52 Å². The van der Waals surface area contributed by atoms with Crippen molar-refractivity contribution in [2.24, 2.45) is 0 Å². The third kappa shape index (κ3) is 6.86. The molecule has 0 aromatic heterocycles.